The standard InChI is InChI=1S/C15H29N3O.ClH/c1-12(19)17-13-4-6-14(7-5-13)18(3)11-15(2)8-9-16-10-15;/h13-14,16H,4-11H2,1-3H3,(H,17,19);1H. The Bertz CT molecular complexity index is 310. The zero-order chi connectivity index (χ0) is 13.9. The van der Waals surface area contributed by atoms with Gasteiger partial charge in [0.15, 0.2) is 0 Å². The van der Waals surface area contributed by atoms with Crippen LogP contribution >= 0.6 is 12.4 Å². The lowest BCUT2D eigenvalue weighted by Crippen LogP contribution is -2.45. The highest BCUT2D eigenvalue weighted by Crippen LogP contribution is 2.29. The fourth-order valence-electron chi connectivity index (χ4n) is 3.68. The first kappa shape index (κ1) is 17.7. The van der Waals surface area contributed by atoms with Crippen molar-refractivity contribution in [1.82, 2.24) is 15.5 Å². The minimum Gasteiger partial charge on any atom is -0.354 e. The number of nitrogens with one attached hydrogen (secondary N) is 2. The van der Waals surface area contributed by atoms with E-state index >= 15 is 0 Å². The zero-order valence-electron chi connectivity index (χ0n) is 13.1. The average molecular weight is 304 g/mol. The van der Waals surface area contributed by atoms with Gasteiger partial charge in [0.05, 0.1) is 0 Å². The molecule has 2 fully saturated rings. The smallest absolute Gasteiger partial charge is 0.217 e. The summed E-state index contributed by atoms with van der Waals surface area (Å²) in [5, 5.41) is 6.53. The lowest BCUT2D eigenvalue weighted by Gasteiger charge is -2.38. The van der Waals surface area contributed by atoms with Gasteiger partial charge >= 0.3 is 0 Å². The van der Waals surface area contributed by atoms with E-state index in [-0.39, 0.29) is 18.3 Å². The van der Waals surface area contributed by atoms with Crippen LogP contribution in [0.4, 0.5) is 0 Å². The van der Waals surface area contributed by atoms with Crippen molar-refractivity contribution >= 4 is 18.3 Å². The first-order chi connectivity index (χ1) is 8.98. The van der Waals surface area contributed by atoms with E-state index in [1.165, 1.54) is 32.4 Å². The van der Waals surface area contributed by atoms with Gasteiger partial charge < -0.3 is 15.5 Å². The van der Waals surface area contributed by atoms with E-state index in [1.807, 2.05) is 0 Å². The molecule has 1 heterocycles. The lowest BCUT2D eigenvalue weighted by atomic mass is 9.86. The Morgan fingerprint density at radius 2 is 2.00 bits per heavy atom. The van der Waals surface area contributed by atoms with Gasteiger partial charge in [0.1, 0.15) is 0 Å². The van der Waals surface area contributed by atoms with Crippen molar-refractivity contribution in [1.29, 1.82) is 0 Å². The maximum atomic E-state index is 11.1. The van der Waals surface area contributed by atoms with Crippen LogP contribution in [0.25, 0.3) is 0 Å². The number of hydrogen-bond donors (Lipinski definition) is 2. The highest BCUT2D eigenvalue weighted by Gasteiger charge is 2.32. The summed E-state index contributed by atoms with van der Waals surface area (Å²) < 4.78 is 0. The van der Waals surface area contributed by atoms with Crippen molar-refractivity contribution in [2.24, 2.45) is 5.41 Å². The molecule has 0 spiro atoms. The molecular formula is C15H30ClN3O. The Balaban J connectivity index is 0.00000200. The Labute approximate surface area is 129 Å². The van der Waals surface area contributed by atoms with Gasteiger partial charge in [-0.25, -0.2) is 0 Å². The molecule has 20 heavy (non-hydrogen) atoms. The summed E-state index contributed by atoms with van der Waals surface area (Å²) in [5.41, 5.74) is 0.448. The quantitative estimate of drug-likeness (QED) is 0.832. The summed E-state index contributed by atoms with van der Waals surface area (Å²) in [7, 11) is 2.27. The van der Waals surface area contributed by atoms with Gasteiger partial charge in [-0.05, 0) is 51.1 Å². The fraction of sp³-hybridized carbons (Fsp3) is 0.933. The Morgan fingerprint density at radius 3 is 2.50 bits per heavy atom. The minimum atomic E-state index is 0. The molecule has 2 N–H and O–H groups in total. The molecule has 2 aliphatic rings. The molecule has 118 valence electrons. The van der Waals surface area contributed by atoms with E-state index in [0.717, 1.165) is 19.4 Å². The summed E-state index contributed by atoms with van der Waals surface area (Å²) >= 11 is 0. The number of carbonyl (C=O) groups is 1. The molecule has 0 radical (unpaired) electrons. The molecule has 5 heteroatoms. The number of halogens is 1. The third-order valence-corrected chi connectivity index (χ3v) is 4.82. The average Bonchev–Trinajstić information content (AvgIpc) is 2.75. The monoisotopic (exact) mass is 303 g/mol. The summed E-state index contributed by atoms with van der Waals surface area (Å²) in [6, 6.07) is 1.10. The van der Waals surface area contributed by atoms with Crippen LogP contribution in [0.5, 0.6) is 0 Å². The van der Waals surface area contributed by atoms with Crippen molar-refractivity contribution in [2.75, 3.05) is 26.7 Å². The maximum absolute atomic E-state index is 11.1. The van der Waals surface area contributed by atoms with E-state index < -0.39 is 0 Å². The third kappa shape index (κ3) is 4.90. The van der Waals surface area contributed by atoms with E-state index in [4.69, 9.17) is 0 Å². The minimum absolute atomic E-state index is 0. The molecule has 1 atom stereocenters. The van der Waals surface area contributed by atoms with E-state index in [0.29, 0.717) is 17.5 Å². The van der Waals surface area contributed by atoms with Crippen molar-refractivity contribution in [3.8, 4) is 0 Å². The van der Waals surface area contributed by atoms with Gasteiger partial charge in [0, 0.05) is 32.1 Å². The van der Waals surface area contributed by atoms with Crippen LogP contribution in [0, 0.1) is 5.41 Å². The first-order valence-electron chi connectivity index (χ1n) is 7.67. The maximum Gasteiger partial charge on any atom is 0.217 e. The predicted molar refractivity (Wildman–Crippen MR) is 85.3 cm³/mol. The molecule has 1 aliphatic heterocycles. The molecule has 0 aromatic rings. The second-order valence-corrected chi connectivity index (χ2v) is 6.86. The molecule has 4 nitrogen and oxygen atoms in total. The first-order valence-corrected chi connectivity index (χ1v) is 7.67. The normalized spacial score (nSPS) is 33.8. The molecular weight excluding hydrogens is 274 g/mol. The third-order valence-electron chi connectivity index (χ3n) is 4.82. The molecule has 0 bridgehead atoms. The molecule has 1 saturated carbocycles. The van der Waals surface area contributed by atoms with Crippen LogP contribution in [0.2, 0.25) is 0 Å². The Hall–Kier alpha value is -0.320. The van der Waals surface area contributed by atoms with Gasteiger partial charge in [-0.2, -0.15) is 0 Å². The SMILES string of the molecule is CC(=O)NC1CCC(N(C)CC2(C)CCNC2)CC1.Cl. The van der Waals surface area contributed by atoms with Gasteiger partial charge in [0.25, 0.3) is 0 Å². The zero-order valence-corrected chi connectivity index (χ0v) is 13.9. The number of carbonyl (C=O) groups excluding carboxylic acids is 1. The van der Waals surface area contributed by atoms with E-state index in [9.17, 15) is 4.79 Å². The summed E-state index contributed by atoms with van der Waals surface area (Å²) in [6.45, 7) is 7.52. The summed E-state index contributed by atoms with van der Waals surface area (Å²) in [5.74, 6) is 0.112. The summed E-state index contributed by atoms with van der Waals surface area (Å²) in [6.07, 6.45) is 5.97. The molecule has 1 aliphatic carbocycles. The Kier molecular flexibility index (Phi) is 6.76. The van der Waals surface area contributed by atoms with Gasteiger partial charge in [0.2, 0.25) is 5.91 Å². The van der Waals surface area contributed by atoms with Crippen LogP contribution in [-0.2, 0) is 4.79 Å². The molecule has 1 saturated heterocycles. The van der Waals surface area contributed by atoms with Crippen molar-refractivity contribution in [2.45, 2.75) is 58.0 Å². The van der Waals surface area contributed by atoms with Crippen LogP contribution in [0.1, 0.15) is 46.0 Å². The molecule has 1 amide bonds. The highest BCUT2D eigenvalue weighted by molar-refractivity contribution is 5.85. The van der Waals surface area contributed by atoms with E-state index in [1.54, 1.807) is 6.92 Å². The van der Waals surface area contributed by atoms with Crippen molar-refractivity contribution in [3.05, 3.63) is 0 Å². The number of nitrogens with zero attached hydrogens (tertiary/aromatic N) is 1. The molecule has 2 rings (SSSR count). The predicted octanol–water partition coefficient (Wildman–Crippen LogP) is 1.79. The van der Waals surface area contributed by atoms with Crippen LogP contribution in [0.3, 0.4) is 0 Å². The second-order valence-electron chi connectivity index (χ2n) is 6.86. The van der Waals surface area contributed by atoms with Crippen molar-refractivity contribution < 1.29 is 4.79 Å². The second kappa shape index (κ2) is 7.62. The number of amides is 1. The molecule has 0 aromatic carbocycles. The van der Waals surface area contributed by atoms with Crippen LogP contribution in [0.15, 0.2) is 0 Å². The van der Waals surface area contributed by atoms with Crippen molar-refractivity contribution in [3.63, 3.8) is 0 Å². The van der Waals surface area contributed by atoms with Crippen LogP contribution in [-0.4, -0.2) is 49.6 Å². The van der Waals surface area contributed by atoms with Gasteiger partial charge in [-0.1, -0.05) is 6.92 Å². The number of hydrogen-bond acceptors (Lipinski definition) is 3. The fourth-order valence-corrected chi connectivity index (χ4v) is 3.68. The van der Waals surface area contributed by atoms with Gasteiger partial charge in [-0.3, -0.25) is 4.79 Å². The lowest BCUT2D eigenvalue weighted by molar-refractivity contribution is -0.119. The van der Waals surface area contributed by atoms with Gasteiger partial charge in [-0.15, -0.1) is 12.4 Å². The summed E-state index contributed by atoms with van der Waals surface area (Å²) in [4.78, 5) is 13.6. The van der Waals surface area contributed by atoms with E-state index in [2.05, 4.69) is 29.5 Å². The molecule has 0 aromatic heterocycles. The highest BCUT2D eigenvalue weighted by atomic mass is 35.5. The number of rotatable bonds is 4. The topological polar surface area (TPSA) is 44.4 Å². The Morgan fingerprint density at radius 1 is 1.35 bits per heavy atom. The largest absolute Gasteiger partial charge is 0.354 e. The van der Waals surface area contributed by atoms with Crippen LogP contribution < -0.4 is 10.6 Å². The molecule has 1 unspecified atom stereocenters.